The first-order valence-electron chi connectivity index (χ1n) is 6.24. The van der Waals surface area contributed by atoms with E-state index in [1.807, 2.05) is 13.8 Å². The van der Waals surface area contributed by atoms with Gasteiger partial charge in [-0.1, -0.05) is 31.5 Å². The van der Waals surface area contributed by atoms with E-state index in [0.717, 1.165) is 6.07 Å². The Balaban J connectivity index is 3.03. The number of amides is 2. The first kappa shape index (κ1) is 16.4. The summed E-state index contributed by atoms with van der Waals surface area (Å²) < 4.78 is 13.3. The average Bonchev–Trinajstić information content (AvgIpc) is 2.31. The highest BCUT2D eigenvalue weighted by Gasteiger charge is 2.34. The second-order valence-electron chi connectivity index (χ2n) is 5.35. The highest BCUT2D eigenvalue weighted by molar-refractivity contribution is 6.34. The van der Waals surface area contributed by atoms with Crippen molar-refractivity contribution in [2.45, 2.75) is 32.7 Å². The standard InChI is InChI=1S/C14H18ClFN2O2/c1-8(2)7-14(3,13(17)20)18-12(19)9-5-4-6-10(16)11(9)15/h4-6,8H,7H2,1-3H3,(H2,17,20)(H,18,19)/t14-/m0/s1. The zero-order chi connectivity index (χ0) is 15.5. The molecule has 20 heavy (non-hydrogen) atoms. The minimum Gasteiger partial charge on any atom is -0.368 e. The van der Waals surface area contributed by atoms with Crippen LogP contribution in [-0.2, 0) is 4.79 Å². The van der Waals surface area contributed by atoms with Crippen molar-refractivity contribution < 1.29 is 14.0 Å². The zero-order valence-electron chi connectivity index (χ0n) is 11.7. The summed E-state index contributed by atoms with van der Waals surface area (Å²) in [6.45, 7) is 5.35. The van der Waals surface area contributed by atoms with Crippen molar-refractivity contribution in [1.82, 2.24) is 5.32 Å². The van der Waals surface area contributed by atoms with Gasteiger partial charge in [-0.3, -0.25) is 9.59 Å². The van der Waals surface area contributed by atoms with Crippen molar-refractivity contribution >= 4 is 23.4 Å². The number of primary amides is 1. The lowest BCUT2D eigenvalue weighted by molar-refractivity contribution is -0.124. The van der Waals surface area contributed by atoms with Crippen LogP contribution in [0.3, 0.4) is 0 Å². The first-order chi connectivity index (χ1) is 9.17. The molecule has 0 fully saturated rings. The third-order valence-electron chi connectivity index (χ3n) is 2.95. The van der Waals surface area contributed by atoms with Gasteiger partial charge in [-0.25, -0.2) is 4.39 Å². The molecule has 3 N–H and O–H groups in total. The minimum absolute atomic E-state index is 0.0251. The number of hydrogen-bond acceptors (Lipinski definition) is 2. The molecule has 1 rings (SSSR count). The van der Waals surface area contributed by atoms with E-state index in [0.29, 0.717) is 6.42 Å². The van der Waals surface area contributed by atoms with Crippen molar-refractivity contribution in [1.29, 1.82) is 0 Å². The summed E-state index contributed by atoms with van der Waals surface area (Å²) in [4.78, 5) is 23.7. The van der Waals surface area contributed by atoms with Crippen LogP contribution < -0.4 is 11.1 Å². The van der Waals surface area contributed by atoms with Crippen LogP contribution in [-0.4, -0.2) is 17.4 Å². The Bertz CT molecular complexity index is 534. The normalized spacial score (nSPS) is 13.9. The van der Waals surface area contributed by atoms with Crippen LogP contribution in [0.25, 0.3) is 0 Å². The summed E-state index contributed by atoms with van der Waals surface area (Å²) >= 11 is 5.75. The Morgan fingerprint density at radius 1 is 1.45 bits per heavy atom. The quantitative estimate of drug-likeness (QED) is 0.877. The largest absolute Gasteiger partial charge is 0.368 e. The summed E-state index contributed by atoms with van der Waals surface area (Å²) in [5.41, 5.74) is 4.12. The van der Waals surface area contributed by atoms with Gasteiger partial charge in [0.2, 0.25) is 5.91 Å². The Hall–Kier alpha value is -1.62. The molecule has 0 aliphatic heterocycles. The average molecular weight is 301 g/mol. The summed E-state index contributed by atoms with van der Waals surface area (Å²) in [5.74, 6) is -1.82. The van der Waals surface area contributed by atoms with Crippen molar-refractivity contribution in [3.63, 3.8) is 0 Å². The van der Waals surface area contributed by atoms with Gasteiger partial charge in [0.1, 0.15) is 11.4 Å². The van der Waals surface area contributed by atoms with Gasteiger partial charge in [-0.15, -0.1) is 0 Å². The molecule has 0 unspecified atom stereocenters. The summed E-state index contributed by atoms with van der Waals surface area (Å²) in [5, 5.41) is 2.27. The molecule has 2 amide bonds. The van der Waals surface area contributed by atoms with Crippen LogP contribution in [0.1, 0.15) is 37.6 Å². The number of nitrogens with two attached hydrogens (primary N) is 1. The third-order valence-corrected chi connectivity index (χ3v) is 3.33. The van der Waals surface area contributed by atoms with Gasteiger partial charge in [0, 0.05) is 0 Å². The monoisotopic (exact) mass is 300 g/mol. The predicted molar refractivity (Wildman–Crippen MR) is 75.9 cm³/mol. The maximum atomic E-state index is 13.3. The summed E-state index contributed by atoms with van der Waals surface area (Å²) in [7, 11) is 0. The summed E-state index contributed by atoms with van der Waals surface area (Å²) in [6.07, 6.45) is 0.376. The molecule has 0 aromatic heterocycles. The smallest absolute Gasteiger partial charge is 0.253 e. The topological polar surface area (TPSA) is 72.2 Å². The molecule has 0 aliphatic carbocycles. The second kappa shape index (κ2) is 6.22. The third kappa shape index (κ3) is 3.70. The molecule has 0 bridgehead atoms. The summed E-state index contributed by atoms with van der Waals surface area (Å²) in [6, 6.07) is 3.91. The Kier molecular flexibility index (Phi) is 5.11. The van der Waals surface area contributed by atoms with Crippen LogP contribution in [0.15, 0.2) is 18.2 Å². The van der Waals surface area contributed by atoms with E-state index in [1.165, 1.54) is 12.1 Å². The van der Waals surface area contributed by atoms with Crippen molar-refractivity contribution in [2.24, 2.45) is 11.7 Å². The lowest BCUT2D eigenvalue weighted by Gasteiger charge is -2.29. The first-order valence-corrected chi connectivity index (χ1v) is 6.61. The number of nitrogens with one attached hydrogen (secondary N) is 1. The maximum absolute atomic E-state index is 13.3. The van der Waals surface area contributed by atoms with Crippen LogP contribution in [0.5, 0.6) is 0 Å². The SMILES string of the molecule is CC(C)C[C@](C)(NC(=O)c1cccc(F)c1Cl)C(N)=O. The molecule has 0 heterocycles. The number of halogens is 2. The van der Waals surface area contributed by atoms with Crippen LogP contribution in [0.4, 0.5) is 4.39 Å². The van der Waals surface area contributed by atoms with E-state index >= 15 is 0 Å². The molecule has 1 atom stereocenters. The fourth-order valence-electron chi connectivity index (χ4n) is 2.03. The highest BCUT2D eigenvalue weighted by atomic mass is 35.5. The molecular formula is C14H18ClFN2O2. The maximum Gasteiger partial charge on any atom is 0.253 e. The van der Waals surface area contributed by atoms with Gasteiger partial charge in [0.25, 0.3) is 5.91 Å². The number of carbonyl (C=O) groups is 2. The molecule has 4 nitrogen and oxygen atoms in total. The molecule has 0 aliphatic rings. The lowest BCUT2D eigenvalue weighted by Crippen LogP contribution is -2.56. The molecule has 0 radical (unpaired) electrons. The molecule has 0 saturated carbocycles. The molecular weight excluding hydrogens is 283 g/mol. The second-order valence-corrected chi connectivity index (χ2v) is 5.73. The van der Waals surface area contributed by atoms with E-state index in [4.69, 9.17) is 17.3 Å². The Morgan fingerprint density at radius 3 is 2.55 bits per heavy atom. The van der Waals surface area contributed by atoms with Crippen molar-refractivity contribution in [3.05, 3.63) is 34.6 Å². The van der Waals surface area contributed by atoms with Gasteiger partial charge in [0.05, 0.1) is 10.6 Å². The van der Waals surface area contributed by atoms with Gasteiger partial charge in [-0.2, -0.15) is 0 Å². The van der Waals surface area contributed by atoms with E-state index in [1.54, 1.807) is 6.92 Å². The fourth-order valence-corrected chi connectivity index (χ4v) is 2.24. The Morgan fingerprint density at radius 2 is 2.05 bits per heavy atom. The van der Waals surface area contributed by atoms with Gasteiger partial charge in [0.15, 0.2) is 0 Å². The van der Waals surface area contributed by atoms with E-state index in [9.17, 15) is 14.0 Å². The number of benzene rings is 1. The van der Waals surface area contributed by atoms with Gasteiger partial charge < -0.3 is 11.1 Å². The van der Waals surface area contributed by atoms with E-state index < -0.39 is 23.2 Å². The number of carbonyl (C=O) groups excluding carboxylic acids is 2. The van der Waals surface area contributed by atoms with Crippen LogP contribution >= 0.6 is 11.6 Å². The minimum atomic E-state index is -1.21. The van der Waals surface area contributed by atoms with E-state index in [-0.39, 0.29) is 16.5 Å². The van der Waals surface area contributed by atoms with Crippen LogP contribution in [0, 0.1) is 11.7 Å². The highest BCUT2D eigenvalue weighted by Crippen LogP contribution is 2.22. The molecule has 1 aromatic rings. The lowest BCUT2D eigenvalue weighted by atomic mass is 9.89. The Labute approximate surface area is 122 Å². The van der Waals surface area contributed by atoms with E-state index in [2.05, 4.69) is 5.32 Å². The van der Waals surface area contributed by atoms with Crippen molar-refractivity contribution in [2.75, 3.05) is 0 Å². The zero-order valence-corrected chi connectivity index (χ0v) is 12.4. The van der Waals surface area contributed by atoms with Gasteiger partial charge >= 0.3 is 0 Å². The fraction of sp³-hybridized carbons (Fsp3) is 0.429. The molecule has 0 saturated heterocycles. The molecule has 110 valence electrons. The molecule has 1 aromatic carbocycles. The van der Waals surface area contributed by atoms with Gasteiger partial charge in [-0.05, 0) is 31.4 Å². The molecule has 6 heteroatoms. The van der Waals surface area contributed by atoms with Crippen molar-refractivity contribution in [3.8, 4) is 0 Å². The number of hydrogen-bond donors (Lipinski definition) is 2. The number of rotatable bonds is 5. The van der Waals surface area contributed by atoms with Crippen LogP contribution in [0.2, 0.25) is 5.02 Å². The predicted octanol–water partition coefficient (Wildman–Crippen LogP) is 2.50. The molecule has 0 spiro atoms.